The lowest BCUT2D eigenvalue weighted by Crippen LogP contribution is -2.05. The Labute approximate surface area is 298 Å². The molecular formula is C38H41BrO8S2. The van der Waals surface area contributed by atoms with E-state index in [1.54, 1.807) is 68.5 Å². The first-order chi connectivity index (χ1) is 23.2. The number of carbonyl (C=O) groups excluding carboxylic acids is 2. The van der Waals surface area contributed by atoms with Gasteiger partial charge in [0.05, 0.1) is 34.5 Å². The predicted octanol–water partition coefficient (Wildman–Crippen LogP) is 8.01. The number of esters is 2. The van der Waals surface area contributed by atoms with Gasteiger partial charge < -0.3 is 9.47 Å². The van der Waals surface area contributed by atoms with Crippen LogP contribution in [0.25, 0.3) is 6.08 Å². The van der Waals surface area contributed by atoms with E-state index in [9.17, 15) is 26.4 Å². The Morgan fingerprint density at radius 3 is 1.59 bits per heavy atom. The summed E-state index contributed by atoms with van der Waals surface area (Å²) in [5, 5.41) is 0. The quantitative estimate of drug-likeness (QED) is 0.111. The number of sulfone groups is 2. The highest BCUT2D eigenvalue weighted by molar-refractivity contribution is 9.10. The van der Waals surface area contributed by atoms with Crippen LogP contribution < -0.4 is 0 Å². The summed E-state index contributed by atoms with van der Waals surface area (Å²) in [6.45, 7) is 11.3. The second-order valence-corrected chi connectivity index (χ2v) is 15.5. The normalized spacial score (nSPS) is 11.0. The van der Waals surface area contributed by atoms with Crippen LogP contribution in [0.15, 0.2) is 130 Å². The van der Waals surface area contributed by atoms with Crippen LogP contribution in [0.2, 0.25) is 0 Å². The van der Waals surface area contributed by atoms with Crippen molar-refractivity contribution in [3.8, 4) is 0 Å². The van der Waals surface area contributed by atoms with Gasteiger partial charge in [0.25, 0.3) is 0 Å². The zero-order chi connectivity index (χ0) is 36.5. The smallest absolute Gasteiger partial charge is 0.330 e. The maximum atomic E-state index is 12.6. The van der Waals surface area contributed by atoms with E-state index in [0.29, 0.717) is 23.7 Å². The van der Waals surface area contributed by atoms with Crippen molar-refractivity contribution in [1.82, 2.24) is 0 Å². The van der Waals surface area contributed by atoms with E-state index in [1.165, 1.54) is 6.08 Å². The summed E-state index contributed by atoms with van der Waals surface area (Å²) in [7, 11) is -6.73. The van der Waals surface area contributed by atoms with E-state index >= 15 is 0 Å². The van der Waals surface area contributed by atoms with Gasteiger partial charge in [0.2, 0.25) is 0 Å². The number of hydrogen-bond acceptors (Lipinski definition) is 8. The molecule has 0 aliphatic carbocycles. The fourth-order valence-electron chi connectivity index (χ4n) is 4.24. The zero-order valence-corrected chi connectivity index (χ0v) is 31.2. The Morgan fingerprint density at radius 1 is 0.673 bits per heavy atom. The molecule has 0 atom stereocenters. The van der Waals surface area contributed by atoms with Crippen LogP contribution in [0, 0.1) is 13.8 Å². The van der Waals surface area contributed by atoms with Crippen LogP contribution in [0.5, 0.6) is 0 Å². The molecule has 0 saturated carbocycles. The first kappa shape index (κ1) is 40.9. The summed E-state index contributed by atoms with van der Waals surface area (Å²) < 4.78 is 59.7. The topological polar surface area (TPSA) is 121 Å². The molecule has 0 aliphatic heterocycles. The monoisotopic (exact) mass is 768 g/mol. The van der Waals surface area contributed by atoms with E-state index < -0.39 is 25.6 Å². The van der Waals surface area contributed by atoms with E-state index in [1.807, 2.05) is 62.4 Å². The molecule has 0 spiro atoms. The molecule has 0 saturated heterocycles. The van der Waals surface area contributed by atoms with Crippen molar-refractivity contribution in [3.05, 3.63) is 148 Å². The minimum Gasteiger partial charge on any atom is -0.463 e. The zero-order valence-electron chi connectivity index (χ0n) is 28.0. The molecule has 4 rings (SSSR count). The van der Waals surface area contributed by atoms with Gasteiger partial charge in [-0.3, -0.25) is 0 Å². The second-order valence-electron chi connectivity index (χ2n) is 10.6. The Morgan fingerprint density at radius 2 is 1.14 bits per heavy atom. The van der Waals surface area contributed by atoms with Crippen LogP contribution in [0.3, 0.4) is 0 Å². The third-order valence-electron chi connectivity index (χ3n) is 6.40. The van der Waals surface area contributed by atoms with Gasteiger partial charge in [-0.1, -0.05) is 100 Å². The third-order valence-corrected chi connectivity index (χ3v) is 10.3. The highest BCUT2D eigenvalue weighted by Gasteiger charge is 2.16. The predicted molar refractivity (Wildman–Crippen MR) is 197 cm³/mol. The Balaban J connectivity index is 0.000000293. The van der Waals surface area contributed by atoms with Crippen molar-refractivity contribution in [2.24, 2.45) is 0 Å². The molecule has 4 aromatic rings. The number of rotatable bonds is 11. The average molecular weight is 770 g/mol. The van der Waals surface area contributed by atoms with Gasteiger partial charge in [-0.25, -0.2) is 26.4 Å². The molecule has 0 heterocycles. The number of halogens is 1. The maximum absolute atomic E-state index is 12.6. The molecule has 0 fully saturated rings. The standard InChI is InChI=1S/C19H20O4S.C14H13BrO2S.C5H8O2/c1-3-23-19(20)11-10-16-7-5-9-18(13-16)24(21,22)14-17-8-4-6-15(2)12-17;1-11-4-2-5-12(8-11)10-18(16,17)14-7-3-6-13(15)9-14;1-3-5(6)7-4-2/h4-13H,3,14H2,1-2H3;2-9H,10H2,1H3;3H,1,4H2,2H3/b11-10+;;. The minimum absolute atomic E-state index is 0.0329. The summed E-state index contributed by atoms with van der Waals surface area (Å²) in [6.07, 6.45) is 3.98. The lowest BCUT2D eigenvalue weighted by Gasteiger charge is -2.06. The SMILES string of the molecule is C=CC(=O)OCC.CCOC(=O)/C=C/c1cccc(S(=O)(=O)Cc2cccc(C)c2)c1.Cc1cccc(CS(=O)(=O)c2cccc(Br)c2)c1. The van der Waals surface area contributed by atoms with Gasteiger partial charge >= 0.3 is 11.9 Å². The van der Waals surface area contributed by atoms with Crippen LogP contribution in [-0.4, -0.2) is 42.0 Å². The molecule has 4 aromatic carbocycles. The minimum atomic E-state index is -3.45. The lowest BCUT2D eigenvalue weighted by atomic mass is 10.2. The highest BCUT2D eigenvalue weighted by atomic mass is 79.9. The number of ether oxygens (including phenoxy) is 2. The van der Waals surface area contributed by atoms with Gasteiger partial charge in [0, 0.05) is 16.6 Å². The maximum Gasteiger partial charge on any atom is 0.330 e. The van der Waals surface area contributed by atoms with Crippen molar-refractivity contribution in [2.75, 3.05) is 13.2 Å². The van der Waals surface area contributed by atoms with Crippen LogP contribution >= 0.6 is 15.9 Å². The second kappa shape index (κ2) is 20.3. The Hall–Kier alpha value is -4.32. The van der Waals surface area contributed by atoms with Crippen LogP contribution in [0.4, 0.5) is 0 Å². The molecule has 49 heavy (non-hydrogen) atoms. The van der Waals surface area contributed by atoms with Crippen LogP contribution in [-0.2, 0) is 50.2 Å². The van der Waals surface area contributed by atoms with E-state index in [2.05, 4.69) is 27.2 Å². The molecule has 0 radical (unpaired) electrons. The van der Waals surface area contributed by atoms with Crippen LogP contribution in [0.1, 0.15) is 41.7 Å². The fraction of sp³-hybridized carbons (Fsp3) is 0.211. The first-order valence-electron chi connectivity index (χ1n) is 15.2. The first-order valence-corrected chi connectivity index (χ1v) is 19.3. The summed E-state index contributed by atoms with van der Waals surface area (Å²) in [5.74, 6) is -0.835. The Bertz CT molecular complexity index is 1970. The molecule has 0 unspecified atom stereocenters. The van der Waals surface area contributed by atoms with Gasteiger partial charge in [-0.05, 0) is 80.8 Å². The van der Waals surface area contributed by atoms with Crippen molar-refractivity contribution in [2.45, 2.75) is 49.0 Å². The van der Waals surface area contributed by atoms with E-state index in [4.69, 9.17) is 4.74 Å². The van der Waals surface area contributed by atoms with Crippen molar-refractivity contribution < 1.29 is 35.9 Å². The molecule has 0 aromatic heterocycles. The summed E-state index contributed by atoms with van der Waals surface area (Å²) in [4.78, 5) is 22.0. The third kappa shape index (κ3) is 15.2. The van der Waals surface area contributed by atoms with Crippen molar-refractivity contribution in [1.29, 1.82) is 0 Å². The molecule has 260 valence electrons. The molecule has 0 bridgehead atoms. The van der Waals surface area contributed by atoms with Gasteiger partial charge in [-0.15, -0.1) is 0 Å². The summed E-state index contributed by atoms with van der Waals surface area (Å²) in [5.41, 5.74) is 4.29. The number of hydrogen-bond donors (Lipinski definition) is 0. The average Bonchev–Trinajstić information content (AvgIpc) is 3.04. The summed E-state index contributed by atoms with van der Waals surface area (Å²) in [6, 6.07) is 28.3. The number of aryl methyl sites for hydroxylation is 2. The molecule has 0 amide bonds. The van der Waals surface area contributed by atoms with Crippen molar-refractivity contribution >= 4 is 53.6 Å². The number of benzene rings is 4. The number of carbonyl (C=O) groups is 2. The fourth-order valence-corrected chi connectivity index (χ4v) is 7.55. The van der Waals surface area contributed by atoms with Crippen molar-refractivity contribution in [3.63, 3.8) is 0 Å². The van der Waals surface area contributed by atoms with Gasteiger partial charge in [0.15, 0.2) is 19.7 Å². The van der Waals surface area contributed by atoms with Gasteiger partial charge in [-0.2, -0.15) is 0 Å². The highest BCUT2D eigenvalue weighted by Crippen LogP contribution is 2.21. The van der Waals surface area contributed by atoms with E-state index in [0.717, 1.165) is 32.8 Å². The largest absolute Gasteiger partial charge is 0.463 e. The Kier molecular flexibility index (Phi) is 16.9. The summed E-state index contributed by atoms with van der Waals surface area (Å²) >= 11 is 3.29. The van der Waals surface area contributed by atoms with Gasteiger partial charge in [0.1, 0.15) is 0 Å². The molecule has 0 N–H and O–H groups in total. The molecule has 0 aliphatic rings. The molecule has 11 heteroatoms. The lowest BCUT2D eigenvalue weighted by molar-refractivity contribution is -0.138. The molecular weight excluding hydrogens is 728 g/mol. The molecule has 8 nitrogen and oxygen atoms in total. The van der Waals surface area contributed by atoms with E-state index in [-0.39, 0.29) is 22.4 Å².